The highest BCUT2D eigenvalue weighted by molar-refractivity contribution is 6.22. The van der Waals surface area contributed by atoms with Gasteiger partial charge in [-0.1, -0.05) is 73.2 Å². The number of amides is 3. The van der Waals surface area contributed by atoms with Crippen molar-refractivity contribution >= 4 is 23.6 Å². The molecule has 0 radical (unpaired) electrons. The third kappa shape index (κ3) is 7.59. The highest BCUT2D eigenvalue weighted by Gasteiger charge is 2.41. The van der Waals surface area contributed by atoms with Gasteiger partial charge in [0, 0.05) is 18.5 Å². The summed E-state index contributed by atoms with van der Waals surface area (Å²) in [6.07, 6.45) is 2.58. The number of ether oxygens (including phenoxy) is 3. The number of rotatable bonds is 9. The van der Waals surface area contributed by atoms with Gasteiger partial charge in [0.05, 0.1) is 30.9 Å². The summed E-state index contributed by atoms with van der Waals surface area (Å²) in [4.78, 5) is 41.9. The Kier molecular flexibility index (Phi) is 9.85. The first-order valence-electron chi connectivity index (χ1n) is 15.6. The van der Waals surface area contributed by atoms with Crippen molar-refractivity contribution in [3.05, 3.63) is 101 Å². The molecular formula is C35H39N3O7. The number of nitrogens with zero attached hydrogens (tertiary/aromatic N) is 2. The van der Waals surface area contributed by atoms with E-state index in [4.69, 9.17) is 14.2 Å². The molecule has 3 fully saturated rings. The van der Waals surface area contributed by atoms with Gasteiger partial charge >= 0.3 is 6.09 Å². The molecule has 4 atom stereocenters. The third-order valence-electron chi connectivity index (χ3n) is 8.60. The van der Waals surface area contributed by atoms with Gasteiger partial charge < -0.3 is 29.5 Å². The van der Waals surface area contributed by atoms with E-state index in [9.17, 15) is 19.5 Å². The Morgan fingerprint density at radius 3 is 2.29 bits per heavy atom. The predicted octanol–water partition coefficient (Wildman–Crippen LogP) is 4.77. The smallest absolute Gasteiger partial charge is 0.408 e. The van der Waals surface area contributed by atoms with Crippen molar-refractivity contribution in [1.82, 2.24) is 10.2 Å². The van der Waals surface area contributed by atoms with Gasteiger partial charge in [-0.05, 0) is 54.8 Å². The Balaban J connectivity index is 1.12. The lowest BCUT2D eigenvalue weighted by atomic mass is 9.99. The lowest BCUT2D eigenvalue weighted by Crippen LogP contribution is -2.42. The second-order valence-electron chi connectivity index (χ2n) is 11.8. The summed E-state index contributed by atoms with van der Waals surface area (Å²) in [6.45, 7) is 3.00. The first-order chi connectivity index (χ1) is 22.0. The van der Waals surface area contributed by atoms with Crippen LogP contribution in [0.25, 0.3) is 0 Å². The van der Waals surface area contributed by atoms with Crippen molar-refractivity contribution in [1.29, 1.82) is 0 Å². The van der Waals surface area contributed by atoms with Gasteiger partial charge in [-0.2, -0.15) is 0 Å². The van der Waals surface area contributed by atoms with Crippen LogP contribution < -0.4 is 10.2 Å². The molecule has 3 heterocycles. The number of likely N-dealkylation sites (tertiary alicyclic amines) is 1. The van der Waals surface area contributed by atoms with Gasteiger partial charge in [0.15, 0.2) is 6.29 Å². The molecule has 0 spiro atoms. The van der Waals surface area contributed by atoms with Crippen molar-refractivity contribution in [2.45, 2.75) is 69.9 Å². The number of hydrogen-bond donors (Lipinski definition) is 2. The van der Waals surface area contributed by atoms with E-state index in [2.05, 4.69) is 10.2 Å². The van der Waals surface area contributed by atoms with Crippen LogP contribution in [0.5, 0.6) is 0 Å². The molecule has 2 N–H and O–H groups in total. The Labute approximate surface area is 262 Å². The number of hydrogen-bond acceptors (Lipinski definition) is 8. The number of piperidine rings is 1. The van der Waals surface area contributed by atoms with Gasteiger partial charge in [-0.3, -0.25) is 9.59 Å². The summed E-state index contributed by atoms with van der Waals surface area (Å²) in [7, 11) is 0. The number of aliphatic hydroxyl groups excluding tert-OH is 1. The van der Waals surface area contributed by atoms with Crippen LogP contribution in [0.1, 0.15) is 66.8 Å². The molecule has 4 unspecified atom stereocenters. The zero-order chi connectivity index (χ0) is 31.2. The minimum atomic E-state index is -1.00. The maximum atomic E-state index is 13.2. The van der Waals surface area contributed by atoms with Crippen LogP contribution in [0.2, 0.25) is 0 Å². The van der Waals surface area contributed by atoms with E-state index in [1.165, 1.54) is 19.3 Å². The molecular weight excluding hydrogens is 574 g/mol. The zero-order valence-corrected chi connectivity index (χ0v) is 25.2. The van der Waals surface area contributed by atoms with E-state index >= 15 is 0 Å². The number of benzene rings is 3. The lowest BCUT2D eigenvalue weighted by Gasteiger charge is -2.39. The van der Waals surface area contributed by atoms with Crippen LogP contribution in [0.15, 0.2) is 78.9 Å². The fraction of sp³-hybridized carbons (Fsp3) is 0.400. The molecule has 0 aliphatic carbocycles. The number of aliphatic hydroxyl groups is 1. The highest BCUT2D eigenvalue weighted by atomic mass is 16.7. The van der Waals surface area contributed by atoms with Gasteiger partial charge in [-0.25, -0.2) is 9.69 Å². The zero-order valence-electron chi connectivity index (χ0n) is 25.2. The number of anilines is 1. The molecule has 10 heteroatoms. The van der Waals surface area contributed by atoms with E-state index in [1.807, 2.05) is 66.7 Å². The first kappa shape index (κ1) is 30.9. The van der Waals surface area contributed by atoms with Crippen LogP contribution in [-0.4, -0.2) is 59.7 Å². The number of carbonyl (C=O) groups excluding carboxylic acids is 3. The van der Waals surface area contributed by atoms with Crippen LogP contribution in [-0.2, 0) is 37.0 Å². The van der Waals surface area contributed by atoms with Gasteiger partial charge in [0.2, 0.25) is 5.91 Å². The molecule has 236 valence electrons. The predicted molar refractivity (Wildman–Crippen MR) is 166 cm³/mol. The van der Waals surface area contributed by atoms with E-state index in [0.717, 1.165) is 46.8 Å². The maximum Gasteiger partial charge on any atom is 0.408 e. The Morgan fingerprint density at radius 1 is 0.867 bits per heavy atom. The molecule has 6 rings (SSSR count). The van der Waals surface area contributed by atoms with Gasteiger partial charge in [0.1, 0.15) is 12.6 Å². The van der Waals surface area contributed by atoms with Gasteiger partial charge in [0.25, 0.3) is 5.91 Å². The van der Waals surface area contributed by atoms with Crippen molar-refractivity contribution < 1.29 is 33.7 Å². The summed E-state index contributed by atoms with van der Waals surface area (Å²) >= 11 is 0. The Hall–Kier alpha value is -4.09. The minimum Gasteiger partial charge on any atom is -0.445 e. The molecule has 3 aromatic rings. The number of imide groups is 1. The second-order valence-corrected chi connectivity index (χ2v) is 11.8. The quantitative estimate of drug-likeness (QED) is 0.332. The van der Waals surface area contributed by atoms with E-state index in [0.29, 0.717) is 12.1 Å². The second kappa shape index (κ2) is 14.3. The summed E-state index contributed by atoms with van der Waals surface area (Å²) in [5.41, 5.74) is 3.87. The molecule has 10 nitrogen and oxygen atoms in total. The molecule has 0 saturated carbocycles. The van der Waals surface area contributed by atoms with Crippen LogP contribution in [0.4, 0.5) is 10.5 Å². The molecule has 3 aliphatic heterocycles. The fourth-order valence-corrected chi connectivity index (χ4v) is 6.17. The number of nitrogens with one attached hydrogen (secondary N) is 1. The molecule has 3 saturated heterocycles. The lowest BCUT2D eigenvalue weighted by molar-refractivity contribution is -0.253. The van der Waals surface area contributed by atoms with Crippen LogP contribution >= 0.6 is 0 Å². The minimum absolute atomic E-state index is 0.0152. The average Bonchev–Trinajstić information content (AvgIpc) is 3.36. The monoisotopic (exact) mass is 613 g/mol. The Morgan fingerprint density at radius 2 is 1.58 bits per heavy atom. The highest BCUT2D eigenvalue weighted by Crippen LogP contribution is 2.39. The summed E-state index contributed by atoms with van der Waals surface area (Å²) < 4.78 is 18.2. The van der Waals surface area contributed by atoms with Crippen molar-refractivity contribution in [2.24, 2.45) is 0 Å². The Bertz CT molecular complexity index is 1460. The summed E-state index contributed by atoms with van der Waals surface area (Å²) in [5, 5.41) is 12.0. The molecule has 3 aromatic carbocycles. The number of carbonyl (C=O) groups is 3. The van der Waals surface area contributed by atoms with Crippen molar-refractivity contribution in [3.63, 3.8) is 0 Å². The van der Waals surface area contributed by atoms with E-state index in [-0.39, 0.29) is 31.8 Å². The fourth-order valence-electron chi connectivity index (χ4n) is 6.17. The third-order valence-corrected chi connectivity index (χ3v) is 8.60. The topological polar surface area (TPSA) is 118 Å². The molecule has 3 aliphatic rings. The van der Waals surface area contributed by atoms with Gasteiger partial charge in [-0.15, -0.1) is 0 Å². The van der Waals surface area contributed by atoms with Crippen LogP contribution in [0, 0.1) is 0 Å². The average molecular weight is 614 g/mol. The normalized spacial score (nSPS) is 24.1. The van der Waals surface area contributed by atoms with Crippen molar-refractivity contribution in [3.8, 4) is 0 Å². The van der Waals surface area contributed by atoms with Crippen molar-refractivity contribution in [2.75, 3.05) is 24.5 Å². The number of alkyl carbamates (subject to hydrolysis) is 1. The first-order valence-corrected chi connectivity index (χ1v) is 15.6. The summed E-state index contributed by atoms with van der Waals surface area (Å²) in [5.74, 6) is -0.915. The molecule has 45 heavy (non-hydrogen) atoms. The molecule has 0 bridgehead atoms. The standard InChI is InChI=1S/C35H39N3O7/c39-22-24-9-11-26(12-10-24)31-19-29(21-37-17-5-2-6-18-37)44-34(45-31)27-13-15-28(16-14-27)38-32(40)20-30(33(38)41)36-35(42)43-23-25-7-3-1-4-8-25/h1,3-4,7-16,29-31,34,39H,2,5-6,17-23H2,(H,36,42). The van der Waals surface area contributed by atoms with Crippen LogP contribution in [0.3, 0.4) is 0 Å². The van der Waals surface area contributed by atoms with E-state index < -0.39 is 30.2 Å². The molecule has 0 aromatic heterocycles. The largest absolute Gasteiger partial charge is 0.445 e. The summed E-state index contributed by atoms with van der Waals surface area (Å²) in [6, 6.07) is 23.0. The van der Waals surface area contributed by atoms with E-state index in [1.54, 1.807) is 12.1 Å². The molecule has 3 amide bonds. The SMILES string of the molecule is O=C(NC1CC(=O)N(c2ccc(C3OC(CN4CCCCC4)CC(c4ccc(CO)cc4)O3)cc2)C1=O)OCc1ccccc1. The maximum absolute atomic E-state index is 13.2.